The standard InChI is InChI=1S/C11H12N2O2S/c1-8(11(14)15-2)13-6-10(5-12-13)9-3-4-16-7-9/h3-8H,1-2H3/t8-/m1/s1. The fourth-order valence-electron chi connectivity index (χ4n) is 1.41. The highest BCUT2D eigenvalue weighted by molar-refractivity contribution is 7.08. The van der Waals surface area contributed by atoms with E-state index in [0.717, 1.165) is 11.1 Å². The number of carbonyl (C=O) groups is 1. The number of carbonyl (C=O) groups excluding carboxylic acids is 1. The highest BCUT2D eigenvalue weighted by Gasteiger charge is 2.16. The number of esters is 1. The molecule has 2 heterocycles. The van der Waals surface area contributed by atoms with Crippen molar-refractivity contribution in [1.29, 1.82) is 0 Å². The maximum Gasteiger partial charge on any atom is 0.330 e. The predicted molar refractivity (Wildman–Crippen MR) is 62.3 cm³/mol. The molecule has 0 spiro atoms. The first-order valence-corrected chi connectivity index (χ1v) is 5.81. The van der Waals surface area contributed by atoms with Crippen molar-refractivity contribution in [3.8, 4) is 11.1 Å². The fraction of sp³-hybridized carbons (Fsp3) is 0.273. The summed E-state index contributed by atoms with van der Waals surface area (Å²) < 4.78 is 6.28. The molecular weight excluding hydrogens is 224 g/mol. The first kappa shape index (κ1) is 10.9. The fourth-order valence-corrected chi connectivity index (χ4v) is 2.07. The first-order valence-electron chi connectivity index (χ1n) is 4.87. The molecule has 2 rings (SSSR count). The van der Waals surface area contributed by atoms with Gasteiger partial charge in [-0.25, -0.2) is 4.79 Å². The van der Waals surface area contributed by atoms with Crippen molar-refractivity contribution in [2.24, 2.45) is 0 Å². The molecule has 0 amide bonds. The minimum absolute atomic E-state index is 0.292. The molecule has 0 radical (unpaired) electrons. The molecule has 16 heavy (non-hydrogen) atoms. The van der Waals surface area contributed by atoms with E-state index in [2.05, 4.69) is 9.84 Å². The maximum absolute atomic E-state index is 11.3. The van der Waals surface area contributed by atoms with Crippen LogP contribution in [0.2, 0.25) is 0 Å². The minimum Gasteiger partial charge on any atom is -0.467 e. The van der Waals surface area contributed by atoms with Crippen molar-refractivity contribution in [3.05, 3.63) is 29.2 Å². The van der Waals surface area contributed by atoms with Gasteiger partial charge in [-0.2, -0.15) is 16.4 Å². The Balaban J connectivity index is 2.23. The summed E-state index contributed by atoms with van der Waals surface area (Å²) in [5.74, 6) is -0.292. The van der Waals surface area contributed by atoms with Gasteiger partial charge in [-0.3, -0.25) is 4.68 Å². The molecule has 0 unspecified atom stereocenters. The molecule has 0 aliphatic carbocycles. The zero-order chi connectivity index (χ0) is 11.5. The van der Waals surface area contributed by atoms with Crippen LogP contribution in [0.3, 0.4) is 0 Å². The summed E-state index contributed by atoms with van der Waals surface area (Å²) in [4.78, 5) is 11.3. The van der Waals surface area contributed by atoms with E-state index in [4.69, 9.17) is 0 Å². The molecule has 0 saturated carbocycles. The Bertz CT molecular complexity index is 476. The molecule has 0 saturated heterocycles. The summed E-state index contributed by atoms with van der Waals surface area (Å²) in [6.45, 7) is 1.76. The largest absolute Gasteiger partial charge is 0.467 e. The predicted octanol–water partition coefficient (Wildman–Crippen LogP) is 2.35. The molecule has 0 aliphatic heterocycles. The molecule has 84 valence electrons. The average Bonchev–Trinajstić information content (AvgIpc) is 2.96. The Morgan fingerprint density at radius 3 is 3.00 bits per heavy atom. The second kappa shape index (κ2) is 4.49. The molecule has 1 atom stereocenters. The van der Waals surface area contributed by atoms with Crippen LogP contribution in [0.15, 0.2) is 29.2 Å². The molecular formula is C11H12N2O2S. The van der Waals surface area contributed by atoms with Crippen LogP contribution in [0, 0.1) is 0 Å². The van der Waals surface area contributed by atoms with Crippen molar-refractivity contribution in [2.75, 3.05) is 7.11 Å². The van der Waals surface area contributed by atoms with E-state index in [-0.39, 0.29) is 5.97 Å². The van der Waals surface area contributed by atoms with E-state index in [1.807, 2.05) is 23.0 Å². The molecule has 2 aromatic rings. The number of aromatic nitrogens is 2. The van der Waals surface area contributed by atoms with E-state index in [1.54, 1.807) is 29.1 Å². The molecule has 4 nitrogen and oxygen atoms in total. The van der Waals surface area contributed by atoms with Gasteiger partial charge in [-0.15, -0.1) is 0 Å². The number of ether oxygens (including phenoxy) is 1. The van der Waals surface area contributed by atoms with Crippen molar-refractivity contribution >= 4 is 17.3 Å². The van der Waals surface area contributed by atoms with Gasteiger partial charge in [0.05, 0.1) is 13.3 Å². The lowest BCUT2D eigenvalue weighted by atomic mass is 10.2. The summed E-state index contributed by atoms with van der Waals surface area (Å²) >= 11 is 1.63. The minimum atomic E-state index is -0.391. The molecule has 0 N–H and O–H groups in total. The lowest BCUT2D eigenvalue weighted by molar-refractivity contribution is -0.144. The Labute approximate surface area is 97.5 Å². The number of nitrogens with zero attached hydrogens (tertiary/aromatic N) is 2. The Hall–Kier alpha value is -1.62. The van der Waals surface area contributed by atoms with Gasteiger partial charge in [-0.1, -0.05) is 0 Å². The van der Waals surface area contributed by atoms with Crippen LogP contribution in [0.25, 0.3) is 11.1 Å². The van der Waals surface area contributed by atoms with E-state index in [9.17, 15) is 4.79 Å². The second-order valence-electron chi connectivity index (χ2n) is 3.42. The van der Waals surface area contributed by atoms with Gasteiger partial charge in [0.25, 0.3) is 0 Å². The number of methoxy groups -OCH3 is 1. The zero-order valence-electron chi connectivity index (χ0n) is 9.08. The molecule has 0 aliphatic rings. The van der Waals surface area contributed by atoms with Gasteiger partial charge < -0.3 is 4.74 Å². The quantitative estimate of drug-likeness (QED) is 0.768. The van der Waals surface area contributed by atoms with Gasteiger partial charge >= 0.3 is 5.97 Å². The lowest BCUT2D eigenvalue weighted by Gasteiger charge is -2.08. The second-order valence-corrected chi connectivity index (χ2v) is 4.20. The number of thiophene rings is 1. The molecule has 0 aromatic carbocycles. The van der Waals surface area contributed by atoms with Crippen LogP contribution in [0.4, 0.5) is 0 Å². The van der Waals surface area contributed by atoms with E-state index < -0.39 is 6.04 Å². The SMILES string of the molecule is COC(=O)[C@@H](C)n1cc(-c2ccsc2)cn1. The van der Waals surface area contributed by atoms with Crippen LogP contribution in [-0.4, -0.2) is 22.9 Å². The number of hydrogen-bond acceptors (Lipinski definition) is 4. The van der Waals surface area contributed by atoms with Crippen LogP contribution in [-0.2, 0) is 9.53 Å². The van der Waals surface area contributed by atoms with E-state index >= 15 is 0 Å². The summed E-state index contributed by atoms with van der Waals surface area (Å²) in [6.07, 6.45) is 3.60. The van der Waals surface area contributed by atoms with Crippen LogP contribution in [0.5, 0.6) is 0 Å². The zero-order valence-corrected chi connectivity index (χ0v) is 9.90. The molecule has 2 aromatic heterocycles. The third-order valence-electron chi connectivity index (χ3n) is 2.40. The lowest BCUT2D eigenvalue weighted by Crippen LogP contribution is -2.17. The topological polar surface area (TPSA) is 44.1 Å². The van der Waals surface area contributed by atoms with Crippen molar-refractivity contribution < 1.29 is 9.53 Å². The third-order valence-corrected chi connectivity index (χ3v) is 3.08. The first-order chi connectivity index (χ1) is 7.72. The third kappa shape index (κ3) is 1.99. The number of rotatable bonds is 3. The summed E-state index contributed by atoms with van der Waals surface area (Å²) in [7, 11) is 1.38. The normalized spacial score (nSPS) is 12.4. The van der Waals surface area contributed by atoms with Gasteiger partial charge in [0.2, 0.25) is 0 Å². The highest BCUT2D eigenvalue weighted by Crippen LogP contribution is 2.22. The van der Waals surface area contributed by atoms with Gasteiger partial charge in [-0.05, 0) is 29.3 Å². The molecule has 0 bridgehead atoms. The van der Waals surface area contributed by atoms with Crippen molar-refractivity contribution in [3.63, 3.8) is 0 Å². The maximum atomic E-state index is 11.3. The van der Waals surface area contributed by atoms with Gasteiger partial charge in [0.15, 0.2) is 0 Å². The summed E-state index contributed by atoms with van der Waals surface area (Å²) in [6, 6.07) is 1.63. The van der Waals surface area contributed by atoms with E-state index in [1.165, 1.54) is 7.11 Å². The van der Waals surface area contributed by atoms with Crippen LogP contribution >= 0.6 is 11.3 Å². The highest BCUT2D eigenvalue weighted by atomic mass is 32.1. The summed E-state index contributed by atoms with van der Waals surface area (Å²) in [5, 5.41) is 8.22. The van der Waals surface area contributed by atoms with Gasteiger partial charge in [0, 0.05) is 11.8 Å². The van der Waals surface area contributed by atoms with Crippen molar-refractivity contribution in [2.45, 2.75) is 13.0 Å². The summed E-state index contributed by atoms with van der Waals surface area (Å²) in [5.41, 5.74) is 2.13. The monoisotopic (exact) mass is 236 g/mol. The van der Waals surface area contributed by atoms with Crippen LogP contribution < -0.4 is 0 Å². The smallest absolute Gasteiger partial charge is 0.330 e. The van der Waals surface area contributed by atoms with E-state index in [0.29, 0.717) is 0 Å². The Morgan fingerprint density at radius 1 is 1.56 bits per heavy atom. The van der Waals surface area contributed by atoms with Gasteiger partial charge in [0.1, 0.15) is 6.04 Å². The Morgan fingerprint density at radius 2 is 2.38 bits per heavy atom. The van der Waals surface area contributed by atoms with Crippen molar-refractivity contribution in [1.82, 2.24) is 9.78 Å². The average molecular weight is 236 g/mol. The molecule has 5 heteroatoms. The Kier molecular flexibility index (Phi) is 3.05. The van der Waals surface area contributed by atoms with Crippen LogP contribution in [0.1, 0.15) is 13.0 Å². The number of hydrogen-bond donors (Lipinski definition) is 0. The molecule has 0 fully saturated rings.